The molecule has 0 radical (unpaired) electrons. The van der Waals surface area contributed by atoms with Gasteiger partial charge in [-0.3, -0.25) is 0 Å². The summed E-state index contributed by atoms with van der Waals surface area (Å²) in [7, 11) is -0.828. The third kappa shape index (κ3) is 3.55. The Morgan fingerprint density at radius 2 is 2.00 bits per heavy atom. The van der Waals surface area contributed by atoms with E-state index in [1.165, 1.54) is 25.7 Å². The number of nitrogens with one attached hydrogen (secondary N) is 2. The molecule has 2 heterocycles. The highest BCUT2D eigenvalue weighted by Gasteiger charge is 2.27. The fraction of sp³-hybridized carbons (Fsp3) is 0.474. The lowest BCUT2D eigenvalue weighted by atomic mass is 9.71. The maximum Gasteiger partial charge on any atom is 0.491 e. The fourth-order valence-electron chi connectivity index (χ4n) is 3.91. The summed E-state index contributed by atoms with van der Waals surface area (Å²) in [6.45, 7) is 4.56. The van der Waals surface area contributed by atoms with Crippen LogP contribution in [0.3, 0.4) is 0 Å². The molecule has 1 saturated carbocycles. The van der Waals surface area contributed by atoms with E-state index in [0.29, 0.717) is 18.6 Å². The second kappa shape index (κ2) is 7.25. The van der Waals surface area contributed by atoms with Gasteiger partial charge in [-0.1, -0.05) is 12.8 Å². The SMILES string of the molecule is Cc1cnc(Nc2cc(C)c3c(c2)CCOB3O)nc1NC1CCCC1. The van der Waals surface area contributed by atoms with Gasteiger partial charge in [0.05, 0.1) is 0 Å². The van der Waals surface area contributed by atoms with Gasteiger partial charge < -0.3 is 20.3 Å². The van der Waals surface area contributed by atoms with Crippen LogP contribution in [0.5, 0.6) is 0 Å². The zero-order chi connectivity index (χ0) is 18.1. The Morgan fingerprint density at radius 3 is 2.81 bits per heavy atom. The molecule has 1 aliphatic carbocycles. The molecule has 6 nitrogen and oxygen atoms in total. The summed E-state index contributed by atoms with van der Waals surface area (Å²) in [5, 5.41) is 16.9. The van der Waals surface area contributed by atoms with Crippen LogP contribution in [0.15, 0.2) is 18.3 Å². The Bertz CT molecular complexity index is 808. The fourth-order valence-corrected chi connectivity index (χ4v) is 3.91. The van der Waals surface area contributed by atoms with Crippen LogP contribution in [0.4, 0.5) is 17.5 Å². The van der Waals surface area contributed by atoms with Crippen molar-refractivity contribution in [3.05, 3.63) is 35.0 Å². The molecule has 1 aliphatic heterocycles. The minimum absolute atomic E-state index is 0.518. The maximum atomic E-state index is 10.0. The molecule has 0 saturated heterocycles. The van der Waals surface area contributed by atoms with Gasteiger partial charge in [0.2, 0.25) is 5.95 Å². The molecule has 1 aromatic heterocycles. The molecule has 0 atom stereocenters. The predicted molar refractivity (Wildman–Crippen MR) is 104 cm³/mol. The molecule has 0 amide bonds. The first-order valence-electron chi connectivity index (χ1n) is 9.40. The highest BCUT2D eigenvalue weighted by Crippen LogP contribution is 2.25. The van der Waals surface area contributed by atoms with Gasteiger partial charge in [-0.2, -0.15) is 4.98 Å². The Kier molecular flexibility index (Phi) is 4.83. The van der Waals surface area contributed by atoms with Crippen molar-refractivity contribution in [2.45, 2.75) is 52.0 Å². The van der Waals surface area contributed by atoms with E-state index in [1.54, 1.807) is 0 Å². The van der Waals surface area contributed by atoms with Crippen molar-refractivity contribution in [2.75, 3.05) is 17.2 Å². The molecular weight excluding hydrogens is 327 g/mol. The maximum absolute atomic E-state index is 10.0. The van der Waals surface area contributed by atoms with Crippen LogP contribution in [0.1, 0.15) is 42.4 Å². The molecule has 136 valence electrons. The number of hydrogen-bond donors (Lipinski definition) is 3. The number of aryl methyl sites for hydroxylation is 2. The quantitative estimate of drug-likeness (QED) is 0.734. The van der Waals surface area contributed by atoms with E-state index in [-0.39, 0.29) is 0 Å². The first kappa shape index (κ1) is 17.3. The van der Waals surface area contributed by atoms with Crippen LogP contribution in [0.25, 0.3) is 0 Å². The van der Waals surface area contributed by atoms with E-state index < -0.39 is 7.12 Å². The van der Waals surface area contributed by atoms with Gasteiger partial charge in [-0.15, -0.1) is 0 Å². The normalized spacial score (nSPS) is 17.3. The van der Waals surface area contributed by atoms with E-state index in [4.69, 9.17) is 4.65 Å². The van der Waals surface area contributed by atoms with Crippen molar-refractivity contribution >= 4 is 30.0 Å². The Morgan fingerprint density at radius 1 is 1.19 bits per heavy atom. The highest BCUT2D eigenvalue weighted by atomic mass is 16.5. The molecular formula is C19H25BN4O2. The standard InChI is InChI=1S/C19H25BN4O2/c1-12-9-16(10-14-7-8-26-20(25)17(12)14)23-19-21-11-13(2)18(24-19)22-15-5-3-4-6-15/h9-11,15,25H,3-8H2,1-2H3,(H2,21,22,23,24). The summed E-state index contributed by atoms with van der Waals surface area (Å²) >= 11 is 0. The number of rotatable bonds is 4. The summed E-state index contributed by atoms with van der Waals surface area (Å²) in [6, 6.07) is 4.58. The van der Waals surface area contributed by atoms with Crippen LogP contribution in [-0.4, -0.2) is 34.8 Å². The summed E-state index contributed by atoms with van der Waals surface area (Å²) < 4.78 is 5.34. The van der Waals surface area contributed by atoms with Crippen LogP contribution < -0.4 is 16.1 Å². The average molecular weight is 352 g/mol. The minimum Gasteiger partial charge on any atom is -0.423 e. The lowest BCUT2D eigenvalue weighted by Crippen LogP contribution is -2.42. The number of fused-ring (bicyclic) bond motifs is 1. The topological polar surface area (TPSA) is 79.3 Å². The largest absolute Gasteiger partial charge is 0.491 e. The van der Waals surface area contributed by atoms with Gasteiger partial charge in [-0.25, -0.2) is 4.98 Å². The van der Waals surface area contributed by atoms with Gasteiger partial charge in [0, 0.05) is 30.1 Å². The first-order valence-corrected chi connectivity index (χ1v) is 9.40. The Hall–Kier alpha value is -2.12. The van der Waals surface area contributed by atoms with Gasteiger partial charge >= 0.3 is 7.12 Å². The Balaban J connectivity index is 1.56. The second-order valence-electron chi connectivity index (χ2n) is 7.32. The van der Waals surface area contributed by atoms with E-state index >= 15 is 0 Å². The molecule has 0 bridgehead atoms. The van der Waals surface area contributed by atoms with Crippen LogP contribution in [0.2, 0.25) is 0 Å². The molecule has 0 spiro atoms. The molecule has 1 fully saturated rings. The summed E-state index contributed by atoms with van der Waals surface area (Å²) in [5.41, 5.74) is 5.00. The number of hydrogen-bond acceptors (Lipinski definition) is 6. The molecule has 2 aromatic rings. The second-order valence-corrected chi connectivity index (χ2v) is 7.32. The van der Waals surface area contributed by atoms with Crippen molar-refractivity contribution in [1.82, 2.24) is 9.97 Å². The van der Waals surface area contributed by atoms with E-state index in [0.717, 1.165) is 40.1 Å². The summed E-state index contributed by atoms with van der Waals surface area (Å²) in [6.07, 6.45) is 7.65. The van der Waals surface area contributed by atoms with Crippen molar-refractivity contribution in [1.29, 1.82) is 0 Å². The van der Waals surface area contributed by atoms with Gasteiger partial charge in [-0.05, 0) is 61.8 Å². The van der Waals surface area contributed by atoms with Gasteiger partial charge in [0.15, 0.2) is 0 Å². The number of anilines is 3. The summed E-state index contributed by atoms with van der Waals surface area (Å²) in [4.78, 5) is 9.11. The average Bonchev–Trinajstić information content (AvgIpc) is 3.11. The third-order valence-electron chi connectivity index (χ3n) is 5.29. The molecule has 26 heavy (non-hydrogen) atoms. The van der Waals surface area contributed by atoms with Crippen LogP contribution >= 0.6 is 0 Å². The molecule has 0 unspecified atom stereocenters. The first-order chi connectivity index (χ1) is 12.6. The number of nitrogens with zero attached hydrogens (tertiary/aromatic N) is 2. The van der Waals surface area contributed by atoms with Crippen LogP contribution in [-0.2, 0) is 11.1 Å². The zero-order valence-electron chi connectivity index (χ0n) is 15.4. The molecule has 3 N–H and O–H groups in total. The molecule has 4 rings (SSSR count). The zero-order valence-corrected chi connectivity index (χ0v) is 15.4. The summed E-state index contributed by atoms with van der Waals surface area (Å²) in [5.74, 6) is 1.50. The van der Waals surface area contributed by atoms with Crippen molar-refractivity contribution < 1.29 is 9.68 Å². The molecule has 7 heteroatoms. The molecule has 1 aromatic carbocycles. The van der Waals surface area contributed by atoms with Crippen molar-refractivity contribution in [2.24, 2.45) is 0 Å². The van der Waals surface area contributed by atoms with E-state index in [1.807, 2.05) is 26.1 Å². The lowest BCUT2D eigenvalue weighted by Gasteiger charge is -2.22. The van der Waals surface area contributed by atoms with Crippen LogP contribution in [0, 0.1) is 13.8 Å². The van der Waals surface area contributed by atoms with Gasteiger partial charge in [0.1, 0.15) is 5.82 Å². The third-order valence-corrected chi connectivity index (χ3v) is 5.29. The highest BCUT2D eigenvalue weighted by molar-refractivity contribution is 6.61. The van der Waals surface area contributed by atoms with Crippen molar-refractivity contribution in [3.63, 3.8) is 0 Å². The van der Waals surface area contributed by atoms with Gasteiger partial charge in [0.25, 0.3) is 0 Å². The number of benzene rings is 1. The predicted octanol–water partition coefficient (Wildman–Crippen LogP) is 2.45. The number of aromatic nitrogens is 2. The lowest BCUT2D eigenvalue weighted by molar-refractivity contribution is 0.266. The van der Waals surface area contributed by atoms with Crippen molar-refractivity contribution in [3.8, 4) is 0 Å². The Labute approximate surface area is 154 Å². The molecule has 2 aliphatic rings. The smallest absolute Gasteiger partial charge is 0.423 e. The monoisotopic (exact) mass is 352 g/mol. The van der Waals surface area contributed by atoms with E-state index in [9.17, 15) is 5.02 Å². The van der Waals surface area contributed by atoms with E-state index in [2.05, 4.69) is 26.7 Å². The minimum atomic E-state index is -0.828.